The number of benzene rings is 2. The molecule has 4 aromatic rings. The summed E-state index contributed by atoms with van der Waals surface area (Å²) in [6.45, 7) is 1.93. The Labute approximate surface area is 182 Å². The Morgan fingerprint density at radius 2 is 1.97 bits per heavy atom. The van der Waals surface area contributed by atoms with Crippen LogP contribution in [0.3, 0.4) is 0 Å². The smallest absolute Gasteiger partial charge is 0.230 e. The number of nitrogens with one attached hydrogen (secondary N) is 1. The third kappa shape index (κ3) is 4.53. The molecule has 0 fully saturated rings. The van der Waals surface area contributed by atoms with Crippen LogP contribution in [0, 0.1) is 6.92 Å². The Balaban J connectivity index is 1.43. The fourth-order valence-electron chi connectivity index (χ4n) is 3.12. The zero-order valence-electron chi connectivity index (χ0n) is 17.2. The minimum atomic E-state index is -0.140. The molecule has 0 aliphatic heterocycles. The highest BCUT2D eigenvalue weighted by Gasteiger charge is 2.13. The van der Waals surface area contributed by atoms with Crippen LogP contribution in [0.25, 0.3) is 16.3 Å². The molecule has 1 amide bonds. The third-order valence-electron chi connectivity index (χ3n) is 4.60. The summed E-state index contributed by atoms with van der Waals surface area (Å²) < 4.78 is 12.2. The van der Waals surface area contributed by atoms with Crippen LogP contribution in [-0.2, 0) is 11.2 Å². The number of aryl methyl sites for hydroxylation is 1. The molecule has 4 rings (SSSR count). The monoisotopic (exact) mass is 436 g/mol. The van der Waals surface area contributed by atoms with Crippen LogP contribution in [0.5, 0.6) is 11.5 Å². The lowest BCUT2D eigenvalue weighted by molar-refractivity contribution is -0.115. The van der Waals surface area contributed by atoms with Gasteiger partial charge >= 0.3 is 0 Å². The molecule has 1 N–H and O–H groups in total. The average molecular weight is 436 g/mol. The molecule has 0 atom stereocenters. The Morgan fingerprint density at radius 3 is 2.68 bits per heavy atom. The Bertz CT molecular complexity index is 1210. The number of methoxy groups -OCH3 is 2. The Hall–Kier alpha value is -3.79. The van der Waals surface area contributed by atoms with Crippen molar-refractivity contribution in [3.05, 3.63) is 59.4 Å². The van der Waals surface area contributed by atoms with E-state index in [2.05, 4.69) is 25.8 Å². The quantitative estimate of drug-likeness (QED) is 0.474. The van der Waals surface area contributed by atoms with Crippen molar-refractivity contribution in [1.29, 1.82) is 0 Å². The molecule has 2 aromatic carbocycles. The highest BCUT2D eigenvalue weighted by atomic mass is 32.1. The number of tetrazole rings is 1. The summed E-state index contributed by atoms with van der Waals surface area (Å²) in [5.41, 5.74) is 4.10. The highest BCUT2D eigenvalue weighted by Crippen LogP contribution is 2.33. The topological polar surface area (TPSA) is 104 Å². The first-order chi connectivity index (χ1) is 15.1. The predicted octanol–water partition coefficient (Wildman–Crippen LogP) is 3.29. The van der Waals surface area contributed by atoms with E-state index < -0.39 is 0 Å². The molecule has 158 valence electrons. The van der Waals surface area contributed by atoms with Crippen molar-refractivity contribution in [3.8, 4) is 27.8 Å². The van der Waals surface area contributed by atoms with E-state index in [1.54, 1.807) is 18.9 Å². The van der Waals surface area contributed by atoms with E-state index in [-0.39, 0.29) is 12.3 Å². The van der Waals surface area contributed by atoms with Crippen molar-refractivity contribution in [1.82, 2.24) is 25.2 Å². The summed E-state index contributed by atoms with van der Waals surface area (Å²) in [5.74, 6) is 1.15. The Kier molecular flexibility index (Phi) is 5.89. The second-order valence-electron chi connectivity index (χ2n) is 6.69. The summed E-state index contributed by atoms with van der Waals surface area (Å²) in [6, 6.07) is 11.2. The molecule has 0 unspecified atom stereocenters. The van der Waals surface area contributed by atoms with Gasteiger partial charge in [-0.25, -0.2) is 9.67 Å². The van der Waals surface area contributed by atoms with E-state index in [0.717, 1.165) is 21.8 Å². The lowest BCUT2D eigenvalue weighted by Crippen LogP contribution is -2.15. The molecule has 0 saturated carbocycles. The first-order valence-electron chi connectivity index (χ1n) is 9.38. The number of anilines is 1. The van der Waals surface area contributed by atoms with Gasteiger partial charge in [0.05, 0.1) is 32.0 Å². The van der Waals surface area contributed by atoms with Gasteiger partial charge in [-0.05, 0) is 59.3 Å². The molecule has 0 saturated heterocycles. The molecule has 2 aromatic heterocycles. The summed E-state index contributed by atoms with van der Waals surface area (Å²) in [6.07, 6.45) is 1.70. The number of aromatic nitrogens is 5. The number of nitrogens with zero attached hydrogens (tertiary/aromatic N) is 5. The van der Waals surface area contributed by atoms with Crippen LogP contribution < -0.4 is 14.8 Å². The van der Waals surface area contributed by atoms with Gasteiger partial charge in [0.15, 0.2) is 11.5 Å². The third-order valence-corrected chi connectivity index (χ3v) is 5.54. The standard InChI is InChI=1S/C21H20N6O3S/c1-13-8-15(5-6-17(13)27-12-22-25-26-27)23-20(28)10-16-11-31-21(24-16)14-4-7-18(29-2)19(9-14)30-3/h4-9,11-12H,10H2,1-3H3,(H,23,28). The van der Waals surface area contributed by atoms with Crippen molar-refractivity contribution < 1.29 is 14.3 Å². The normalized spacial score (nSPS) is 10.7. The van der Waals surface area contributed by atoms with Crippen LogP contribution in [0.1, 0.15) is 11.3 Å². The van der Waals surface area contributed by atoms with Crippen molar-refractivity contribution in [3.63, 3.8) is 0 Å². The average Bonchev–Trinajstić information content (AvgIpc) is 3.46. The van der Waals surface area contributed by atoms with Crippen molar-refractivity contribution >= 4 is 22.9 Å². The molecule has 0 aliphatic rings. The molecule has 9 nitrogen and oxygen atoms in total. The number of hydrogen-bond donors (Lipinski definition) is 1. The number of rotatable bonds is 7. The van der Waals surface area contributed by atoms with Gasteiger partial charge in [-0.1, -0.05) is 0 Å². The maximum atomic E-state index is 12.5. The summed E-state index contributed by atoms with van der Waals surface area (Å²) in [4.78, 5) is 17.1. The number of hydrogen-bond acceptors (Lipinski definition) is 8. The first-order valence-corrected chi connectivity index (χ1v) is 10.3. The fraction of sp³-hybridized carbons (Fsp3) is 0.190. The summed E-state index contributed by atoms with van der Waals surface area (Å²) in [5, 5.41) is 16.8. The number of carbonyl (C=O) groups is 1. The molecule has 0 aliphatic carbocycles. The molecule has 31 heavy (non-hydrogen) atoms. The zero-order chi connectivity index (χ0) is 21.8. The lowest BCUT2D eigenvalue weighted by atomic mass is 10.1. The van der Waals surface area contributed by atoms with Gasteiger partial charge in [0.25, 0.3) is 0 Å². The second kappa shape index (κ2) is 8.92. The van der Waals surface area contributed by atoms with Gasteiger partial charge in [0.1, 0.15) is 11.3 Å². The maximum Gasteiger partial charge on any atom is 0.230 e. The minimum absolute atomic E-state index is 0.140. The SMILES string of the molecule is COc1ccc(-c2nc(CC(=O)Nc3ccc(-n4cnnn4)c(C)c3)cs2)cc1OC. The van der Waals surface area contributed by atoms with Gasteiger partial charge < -0.3 is 14.8 Å². The fourth-order valence-corrected chi connectivity index (χ4v) is 3.94. The first kappa shape index (κ1) is 20.5. The van der Waals surface area contributed by atoms with Crippen LogP contribution in [0.15, 0.2) is 48.1 Å². The van der Waals surface area contributed by atoms with Gasteiger partial charge in [-0.3, -0.25) is 4.79 Å². The molecule has 2 heterocycles. The number of carbonyl (C=O) groups excluding carboxylic acids is 1. The number of amides is 1. The van der Waals surface area contributed by atoms with Crippen molar-refractivity contribution in [2.75, 3.05) is 19.5 Å². The number of ether oxygens (including phenoxy) is 2. The minimum Gasteiger partial charge on any atom is -0.493 e. The molecule has 0 bridgehead atoms. The van der Waals surface area contributed by atoms with Crippen LogP contribution in [0.2, 0.25) is 0 Å². The Morgan fingerprint density at radius 1 is 1.13 bits per heavy atom. The van der Waals surface area contributed by atoms with Crippen LogP contribution in [0.4, 0.5) is 5.69 Å². The molecule has 0 radical (unpaired) electrons. The van der Waals surface area contributed by atoms with E-state index >= 15 is 0 Å². The van der Waals surface area contributed by atoms with E-state index in [1.165, 1.54) is 17.7 Å². The van der Waals surface area contributed by atoms with E-state index in [4.69, 9.17) is 9.47 Å². The summed E-state index contributed by atoms with van der Waals surface area (Å²) >= 11 is 1.48. The predicted molar refractivity (Wildman–Crippen MR) is 117 cm³/mol. The van der Waals surface area contributed by atoms with Crippen molar-refractivity contribution in [2.24, 2.45) is 0 Å². The number of thiazole rings is 1. The van der Waals surface area contributed by atoms with E-state index in [1.807, 2.05) is 48.7 Å². The zero-order valence-corrected chi connectivity index (χ0v) is 18.0. The maximum absolute atomic E-state index is 12.5. The highest BCUT2D eigenvalue weighted by molar-refractivity contribution is 7.13. The molecule has 0 spiro atoms. The molecular weight excluding hydrogens is 416 g/mol. The molecular formula is C21H20N6O3S. The van der Waals surface area contributed by atoms with Gasteiger partial charge in [-0.15, -0.1) is 16.4 Å². The largest absolute Gasteiger partial charge is 0.493 e. The van der Waals surface area contributed by atoms with E-state index in [9.17, 15) is 4.79 Å². The van der Waals surface area contributed by atoms with Crippen LogP contribution >= 0.6 is 11.3 Å². The summed E-state index contributed by atoms with van der Waals surface area (Å²) in [7, 11) is 3.19. The molecule has 10 heteroatoms. The second-order valence-corrected chi connectivity index (χ2v) is 7.55. The van der Waals surface area contributed by atoms with Crippen molar-refractivity contribution in [2.45, 2.75) is 13.3 Å². The van der Waals surface area contributed by atoms with Gasteiger partial charge in [0.2, 0.25) is 5.91 Å². The van der Waals surface area contributed by atoms with Gasteiger partial charge in [-0.2, -0.15) is 0 Å². The van der Waals surface area contributed by atoms with Gasteiger partial charge in [0, 0.05) is 16.6 Å². The lowest BCUT2D eigenvalue weighted by Gasteiger charge is -2.09. The van der Waals surface area contributed by atoms with Crippen LogP contribution in [-0.4, -0.2) is 45.3 Å². The van der Waals surface area contributed by atoms with E-state index in [0.29, 0.717) is 22.9 Å².